The minimum atomic E-state index is -0.334. The van der Waals surface area contributed by atoms with E-state index in [4.69, 9.17) is 14.0 Å². The molecule has 3 rings (SSSR count). The fourth-order valence-corrected chi connectivity index (χ4v) is 3.04. The summed E-state index contributed by atoms with van der Waals surface area (Å²) in [6, 6.07) is 10.8. The Kier molecular flexibility index (Phi) is 6.90. The van der Waals surface area contributed by atoms with Crippen LogP contribution in [0.15, 0.2) is 47.1 Å². The second-order valence-electron chi connectivity index (χ2n) is 6.52. The molecule has 0 radical (unpaired) electrons. The van der Waals surface area contributed by atoms with Gasteiger partial charge in [0.1, 0.15) is 17.3 Å². The van der Waals surface area contributed by atoms with Crippen LogP contribution in [-0.4, -0.2) is 43.4 Å². The van der Waals surface area contributed by atoms with E-state index in [0.717, 1.165) is 24.5 Å². The van der Waals surface area contributed by atoms with Crippen molar-refractivity contribution in [1.82, 2.24) is 15.5 Å². The first-order chi connectivity index (χ1) is 14.6. The summed E-state index contributed by atoms with van der Waals surface area (Å²) < 4.78 is 16.0. The van der Waals surface area contributed by atoms with Crippen LogP contribution in [0, 0.1) is 0 Å². The van der Waals surface area contributed by atoms with Gasteiger partial charge in [0.2, 0.25) is 0 Å². The number of nitrogens with one attached hydrogen (secondary N) is 1. The summed E-state index contributed by atoms with van der Waals surface area (Å²) in [5, 5.41) is 6.73. The minimum Gasteiger partial charge on any atom is -0.497 e. The first-order valence-corrected chi connectivity index (χ1v) is 9.76. The van der Waals surface area contributed by atoms with Crippen molar-refractivity contribution in [2.75, 3.05) is 32.2 Å². The zero-order valence-corrected chi connectivity index (χ0v) is 17.6. The standard InChI is InChI=1S/C22H26N4O4/c1-5-26(6-2)21-10-7-15(13-23-21)14-24-22(27)18-12-20(30-25-18)17-11-16(28-3)8-9-19(17)29-4/h7-13H,5-6,14H2,1-4H3,(H,24,27). The predicted molar refractivity (Wildman–Crippen MR) is 114 cm³/mol. The molecule has 0 fully saturated rings. The number of anilines is 1. The largest absolute Gasteiger partial charge is 0.497 e. The molecule has 2 heterocycles. The number of hydrogen-bond donors (Lipinski definition) is 1. The van der Waals surface area contributed by atoms with Gasteiger partial charge >= 0.3 is 0 Å². The Labute approximate surface area is 175 Å². The van der Waals surface area contributed by atoms with Crippen molar-refractivity contribution in [3.8, 4) is 22.8 Å². The molecule has 0 aliphatic rings. The molecule has 1 N–H and O–H groups in total. The Balaban J connectivity index is 1.67. The van der Waals surface area contributed by atoms with E-state index in [1.54, 1.807) is 44.7 Å². The molecule has 0 aliphatic heterocycles. The molecule has 0 bridgehead atoms. The molecule has 8 heteroatoms. The SMILES string of the molecule is CCN(CC)c1ccc(CNC(=O)c2cc(-c3cc(OC)ccc3OC)on2)cn1. The van der Waals surface area contributed by atoms with Gasteiger partial charge in [0.05, 0.1) is 19.8 Å². The van der Waals surface area contributed by atoms with E-state index < -0.39 is 0 Å². The van der Waals surface area contributed by atoms with Crippen molar-refractivity contribution in [3.63, 3.8) is 0 Å². The summed E-state index contributed by atoms with van der Waals surface area (Å²) in [6.45, 7) is 6.31. The lowest BCUT2D eigenvalue weighted by Crippen LogP contribution is -2.24. The molecule has 0 atom stereocenters. The molecule has 0 unspecified atom stereocenters. The van der Waals surface area contributed by atoms with E-state index in [9.17, 15) is 4.79 Å². The quantitative estimate of drug-likeness (QED) is 0.577. The number of methoxy groups -OCH3 is 2. The number of rotatable bonds is 9. The van der Waals surface area contributed by atoms with Crippen LogP contribution in [0.1, 0.15) is 29.9 Å². The number of benzene rings is 1. The first kappa shape index (κ1) is 21.2. The molecule has 2 aromatic heterocycles. The fraction of sp³-hybridized carbons (Fsp3) is 0.318. The lowest BCUT2D eigenvalue weighted by atomic mass is 10.1. The molecule has 0 saturated carbocycles. The van der Waals surface area contributed by atoms with Crippen LogP contribution in [0.4, 0.5) is 5.82 Å². The Bertz CT molecular complexity index is 981. The van der Waals surface area contributed by atoms with E-state index in [-0.39, 0.29) is 11.6 Å². The molecule has 30 heavy (non-hydrogen) atoms. The highest BCUT2D eigenvalue weighted by molar-refractivity contribution is 5.93. The van der Waals surface area contributed by atoms with Gasteiger partial charge < -0.3 is 24.2 Å². The summed E-state index contributed by atoms with van der Waals surface area (Å²) in [7, 11) is 3.14. The average Bonchev–Trinajstić information content (AvgIpc) is 3.29. The number of nitrogens with zero attached hydrogens (tertiary/aromatic N) is 3. The minimum absolute atomic E-state index is 0.183. The van der Waals surface area contributed by atoms with Crippen LogP contribution in [0.2, 0.25) is 0 Å². The van der Waals surface area contributed by atoms with E-state index in [1.165, 1.54) is 0 Å². The van der Waals surface area contributed by atoms with Gasteiger partial charge in [0.15, 0.2) is 11.5 Å². The van der Waals surface area contributed by atoms with Gasteiger partial charge in [-0.25, -0.2) is 4.98 Å². The normalized spacial score (nSPS) is 10.5. The predicted octanol–water partition coefficient (Wildman–Crippen LogP) is 3.53. The topological polar surface area (TPSA) is 89.7 Å². The first-order valence-electron chi connectivity index (χ1n) is 9.76. The number of hydrogen-bond acceptors (Lipinski definition) is 7. The summed E-state index contributed by atoms with van der Waals surface area (Å²) in [4.78, 5) is 19.1. The van der Waals surface area contributed by atoms with E-state index >= 15 is 0 Å². The highest BCUT2D eigenvalue weighted by atomic mass is 16.5. The Morgan fingerprint density at radius 1 is 1.10 bits per heavy atom. The third-order valence-corrected chi connectivity index (χ3v) is 4.76. The molecule has 0 saturated heterocycles. The Morgan fingerprint density at radius 3 is 2.53 bits per heavy atom. The summed E-state index contributed by atoms with van der Waals surface area (Å²) in [6.07, 6.45) is 1.77. The fourth-order valence-electron chi connectivity index (χ4n) is 3.04. The van der Waals surface area contributed by atoms with Gasteiger partial charge in [0.25, 0.3) is 5.91 Å². The van der Waals surface area contributed by atoms with Crippen LogP contribution in [-0.2, 0) is 6.54 Å². The molecular weight excluding hydrogens is 384 g/mol. The van der Waals surface area contributed by atoms with Crippen molar-refractivity contribution in [2.45, 2.75) is 20.4 Å². The summed E-state index contributed by atoms with van der Waals surface area (Å²) in [5.74, 6) is 2.25. The smallest absolute Gasteiger partial charge is 0.273 e. The molecule has 158 valence electrons. The van der Waals surface area contributed by atoms with Gasteiger partial charge in [0, 0.05) is 31.9 Å². The summed E-state index contributed by atoms with van der Waals surface area (Å²) in [5.41, 5.74) is 1.74. The molecule has 0 aliphatic carbocycles. The lowest BCUT2D eigenvalue weighted by Gasteiger charge is -2.19. The number of pyridine rings is 1. The van der Waals surface area contributed by atoms with E-state index in [0.29, 0.717) is 29.4 Å². The Hall–Kier alpha value is -3.55. The number of carbonyl (C=O) groups is 1. The van der Waals surface area contributed by atoms with Crippen molar-refractivity contribution >= 4 is 11.7 Å². The van der Waals surface area contributed by atoms with Crippen LogP contribution in [0.3, 0.4) is 0 Å². The second kappa shape index (κ2) is 9.78. The van der Waals surface area contributed by atoms with Gasteiger partial charge in [-0.1, -0.05) is 11.2 Å². The van der Waals surface area contributed by atoms with E-state index in [1.807, 2.05) is 12.1 Å². The van der Waals surface area contributed by atoms with Crippen LogP contribution in [0.25, 0.3) is 11.3 Å². The second-order valence-corrected chi connectivity index (χ2v) is 6.52. The van der Waals surface area contributed by atoms with Gasteiger partial charge in [-0.3, -0.25) is 4.79 Å². The monoisotopic (exact) mass is 410 g/mol. The van der Waals surface area contributed by atoms with Gasteiger partial charge in [-0.15, -0.1) is 0 Å². The maximum atomic E-state index is 12.5. The van der Waals surface area contributed by atoms with Crippen molar-refractivity contribution in [3.05, 3.63) is 53.9 Å². The number of amides is 1. The third kappa shape index (κ3) is 4.71. The highest BCUT2D eigenvalue weighted by Gasteiger charge is 2.17. The third-order valence-electron chi connectivity index (χ3n) is 4.76. The molecule has 0 spiro atoms. The van der Waals surface area contributed by atoms with Crippen molar-refractivity contribution in [2.24, 2.45) is 0 Å². The van der Waals surface area contributed by atoms with Crippen LogP contribution in [0.5, 0.6) is 11.5 Å². The van der Waals surface area contributed by atoms with Crippen LogP contribution >= 0.6 is 0 Å². The number of carbonyl (C=O) groups excluding carboxylic acids is 1. The van der Waals surface area contributed by atoms with Crippen molar-refractivity contribution < 1.29 is 18.8 Å². The van der Waals surface area contributed by atoms with Gasteiger partial charge in [-0.05, 0) is 43.7 Å². The zero-order chi connectivity index (χ0) is 21.5. The summed E-state index contributed by atoms with van der Waals surface area (Å²) >= 11 is 0. The lowest BCUT2D eigenvalue weighted by molar-refractivity contribution is 0.0942. The average molecular weight is 410 g/mol. The number of aromatic nitrogens is 2. The Morgan fingerprint density at radius 2 is 1.90 bits per heavy atom. The maximum Gasteiger partial charge on any atom is 0.273 e. The molecule has 3 aromatic rings. The molecule has 1 aromatic carbocycles. The molecule has 1 amide bonds. The molecular formula is C22H26N4O4. The van der Waals surface area contributed by atoms with Crippen molar-refractivity contribution in [1.29, 1.82) is 0 Å². The maximum absolute atomic E-state index is 12.5. The number of ether oxygens (including phenoxy) is 2. The van der Waals surface area contributed by atoms with Crippen LogP contribution < -0.4 is 19.7 Å². The highest BCUT2D eigenvalue weighted by Crippen LogP contribution is 2.33. The van der Waals surface area contributed by atoms with E-state index in [2.05, 4.69) is 34.2 Å². The van der Waals surface area contributed by atoms with Gasteiger partial charge in [-0.2, -0.15) is 0 Å². The molecule has 8 nitrogen and oxygen atoms in total. The zero-order valence-electron chi connectivity index (χ0n) is 17.6.